The molecule has 0 fully saturated rings. The average molecular weight is 327 g/mol. The number of amides is 3. The molecule has 0 saturated heterocycles. The van der Waals surface area contributed by atoms with Gasteiger partial charge in [0.15, 0.2) is 0 Å². The molecule has 1 rings (SSSR count). The number of halogens is 2. The molecule has 0 heterocycles. The van der Waals surface area contributed by atoms with Gasteiger partial charge in [0.05, 0.1) is 6.04 Å². The summed E-state index contributed by atoms with van der Waals surface area (Å²) in [5.41, 5.74) is 0.233. The van der Waals surface area contributed by atoms with E-state index in [9.17, 15) is 18.4 Å². The maximum atomic E-state index is 13.7. The predicted octanol–water partition coefficient (Wildman–Crippen LogP) is 2.49. The standard InChI is InChI=1S/C16H23F2N3O2/c1-4-14(12-6-5-11(17)9-13(12)18)21-16(23)20-8-7-19-15(22)10(2)3/h5-6,9-10,14H,4,7-8H2,1-3H3,(H,19,22)(H2,20,21,23)/t14-/m1/s1. The summed E-state index contributed by atoms with van der Waals surface area (Å²) in [7, 11) is 0. The van der Waals surface area contributed by atoms with Crippen LogP contribution in [-0.2, 0) is 4.79 Å². The molecule has 0 unspecified atom stereocenters. The monoisotopic (exact) mass is 327 g/mol. The van der Waals surface area contributed by atoms with Gasteiger partial charge in [-0.05, 0) is 12.5 Å². The fourth-order valence-corrected chi connectivity index (χ4v) is 1.96. The van der Waals surface area contributed by atoms with Crippen LogP contribution in [0.1, 0.15) is 38.8 Å². The van der Waals surface area contributed by atoms with E-state index < -0.39 is 23.7 Å². The highest BCUT2D eigenvalue weighted by atomic mass is 19.1. The second-order valence-corrected chi connectivity index (χ2v) is 5.47. The minimum atomic E-state index is -0.693. The Hall–Kier alpha value is -2.18. The molecular weight excluding hydrogens is 304 g/mol. The lowest BCUT2D eigenvalue weighted by atomic mass is 10.0. The number of urea groups is 1. The molecule has 0 aromatic heterocycles. The van der Waals surface area contributed by atoms with Crippen LogP contribution in [0.5, 0.6) is 0 Å². The van der Waals surface area contributed by atoms with E-state index in [1.807, 2.05) is 0 Å². The van der Waals surface area contributed by atoms with Gasteiger partial charge in [-0.25, -0.2) is 13.6 Å². The number of nitrogens with one attached hydrogen (secondary N) is 3. The van der Waals surface area contributed by atoms with Crippen molar-refractivity contribution in [3.05, 3.63) is 35.4 Å². The molecule has 128 valence electrons. The van der Waals surface area contributed by atoms with Gasteiger partial charge in [-0.1, -0.05) is 26.8 Å². The van der Waals surface area contributed by atoms with E-state index in [4.69, 9.17) is 0 Å². The molecule has 3 amide bonds. The first-order valence-corrected chi connectivity index (χ1v) is 7.62. The Bertz CT molecular complexity index is 550. The van der Waals surface area contributed by atoms with Crippen LogP contribution in [0.15, 0.2) is 18.2 Å². The summed E-state index contributed by atoms with van der Waals surface area (Å²) in [6.45, 7) is 5.91. The van der Waals surface area contributed by atoms with Crippen LogP contribution in [0.4, 0.5) is 13.6 Å². The van der Waals surface area contributed by atoms with E-state index in [2.05, 4.69) is 16.0 Å². The van der Waals surface area contributed by atoms with Crippen molar-refractivity contribution in [3.8, 4) is 0 Å². The molecule has 0 aliphatic carbocycles. The molecule has 0 aliphatic heterocycles. The lowest BCUT2D eigenvalue weighted by Gasteiger charge is -2.18. The minimum absolute atomic E-state index is 0.0907. The maximum absolute atomic E-state index is 13.7. The number of carbonyl (C=O) groups excluding carboxylic acids is 2. The van der Waals surface area contributed by atoms with Crippen molar-refractivity contribution in [3.63, 3.8) is 0 Å². The van der Waals surface area contributed by atoms with Crippen LogP contribution in [0.25, 0.3) is 0 Å². The molecule has 1 aromatic rings. The lowest BCUT2D eigenvalue weighted by molar-refractivity contribution is -0.123. The quantitative estimate of drug-likeness (QED) is 0.673. The Balaban J connectivity index is 2.46. The second-order valence-electron chi connectivity index (χ2n) is 5.47. The molecule has 0 radical (unpaired) electrons. The molecule has 0 saturated carbocycles. The zero-order chi connectivity index (χ0) is 17.4. The zero-order valence-corrected chi connectivity index (χ0v) is 13.6. The first-order chi connectivity index (χ1) is 10.8. The molecule has 23 heavy (non-hydrogen) atoms. The molecule has 0 aliphatic rings. The van der Waals surface area contributed by atoms with Crippen molar-refractivity contribution >= 4 is 11.9 Å². The predicted molar refractivity (Wildman–Crippen MR) is 83.8 cm³/mol. The third kappa shape index (κ3) is 6.22. The summed E-state index contributed by atoms with van der Waals surface area (Å²) >= 11 is 0. The molecule has 1 aromatic carbocycles. The van der Waals surface area contributed by atoms with E-state index >= 15 is 0 Å². The van der Waals surface area contributed by atoms with Crippen LogP contribution in [0.2, 0.25) is 0 Å². The topological polar surface area (TPSA) is 70.2 Å². The summed E-state index contributed by atoms with van der Waals surface area (Å²) in [5.74, 6) is -1.56. The number of benzene rings is 1. The SMILES string of the molecule is CC[C@@H](NC(=O)NCCNC(=O)C(C)C)c1ccc(F)cc1F. The highest BCUT2D eigenvalue weighted by Crippen LogP contribution is 2.20. The van der Waals surface area contributed by atoms with Crippen molar-refractivity contribution in [1.82, 2.24) is 16.0 Å². The Morgan fingerprint density at radius 2 is 1.78 bits per heavy atom. The van der Waals surface area contributed by atoms with Crippen molar-refractivity contribution < 1.29 is 18.4 Å². The third-order valence-corrected chi connectivity index (χ3v) is 3.29. The van der Waals surface area contributed by atoms with Gasteiger partial charge in [-0.2, -0.15) is 0 Å². The van der Waals surface area contributed by atoms with Crippen molar-refractivity contribution in [2.24, 2.45) is 5.92 Å². The molecule has 3 N–H and O–H groups in total. The van der Waals surface area contributed by atoms with Crippen LogP contribution in [-0.4, -0.2) is 25.0 Å². The molecule has 1 atom stereocenters. The minimum Gasteiger partial charge on any atom is -0.354 e. The van der Waals surface area contributed by atoms with Crippen molar-refractivity contribution in [1.29, 1.82) is 0 Å². The smallest absolute Gasteiger partial charge is 0.315 e. The Morgan fingerprint density at radius 3 is 2.35 bits per heavy atom. The van der Waals surface area contributed by atoms with E-state index in [-0.39, 0.29) is 23.9 Å². The molecule has 5 nitrogen and oxygen atoms in total. The van der Waals surface area contributed by atoms with Gasteiger partial charge in [0.2, 0.25) is 5.91 Å². The average Bonchev–Trinajstić information content (AvgIpc) is 2.49. The number of hydrogen-bond donors (Lipinski definition) is 3. The largest absolute Gasteiger partial charge is 0.354 e. The van der Waals surface area contributed by atoms with Crippen molar-refractivity contribution in [2.75, 3.05) is 13.1 Å². The summed E-state index contributed by atoms with van der Waals surface area (Å²) in [4.78, 5) is 23.2. The fraction of sp³-hybridized carbons (Fsp3) is 0.500. The Labute approximate surface area is 134 Å². The van der Waals surface area contributed by atoms with Gasteiger partial charge in [-0.3, -0.25) is 4.79 Å². The highest BCUT2D eigenvalue weighted by molar-refractivity contribution is 5.78. The fourth-order valence-electron chi connectivity index (χ4n) is 1.96. The zero-order valence-electron chi connectivity index (χ0n) is 13.6. The molecular formula is C16H23F2N3O2. The Morgan fingerprint density at radius 1 is 1.13 bits per heavy atom. The van der Waals surface area contributed by atoms with E-state index in [0.717, 1.165) is 12.1 Å². The summed E-state index contributed by atoms with van der Waals surface area (Å²) in [5, 5.41) is 7.88. The second kappa shape index (κ2) is 9.07. The number of hydrogen-bond acceptors (Lipinski definition) is 2. The van der Waals surface area contributed by atoms with Gasteiger partial charge < -0.3 is 16.0 Å². The van der Waals surface area contributed by atoms with E-state index in [1.54, 1.807) is 20.8 Å². The highest BCUT2D eigenvalue weighted by Gasteiger charge is 2.16. The van der Waals surface area contributed by atoms with Crippen LogP contribution in [0, 0.1) is 17.6 Å². The van der Waals surface area contributed by atoms with Gasteiger partial charge in [-0.15, -0.1) is 0 Å². The van der Waals surface area contributed by atoms with Gasteiger partial charge in [0, 0.05) is 30.6 Å². The first-order valence-electron chi connectivity index (χ1n) is 7.62. The van der Waals surface area contributed by atoms with Crippen molar-refractivity contribution in [2.45, 2.75) is 33.2 Å². The van der Waals surface area contributed by atoms with Gasteiger partial charge in [0.25, 0.3) is 0 Å². The van der Waals surface area contributed by atoms with E-state index in [1.165, 1.54) is 6.07 Å². The number of carbonyl (C=O) groups is 2. The lowest BCUT2D eigenvalue weighted by Crippen LogP contribution is -2.42. The maximum Gasteiger partial charge on any atom is 0.315 e. The van der Waals surface area contributed by atoms with Crippen LogP contribution >= 0.6 is 0 Å². The van der Waals surface area contributed by atoms with Gasteiger partial charge >= 0.3 is 6.03 Å². The molecule has 0 bridgehead atoms. The van der Waals surface area contributed by atoms with E-state index in [0.29, 0.717) is 13.0 Å². The van der Waals surface area contributed by atoms with Crippen LogP contribution in [0.3, 0.4) is 0 Å². The number of rotatable bonds is 7. The third-order valence-electron chi connectivity index (χ3n) is 3.29. The van der Waals surface area contributed by atoms with Crippen LogP contribution < -0.4 is 16.0 Å². The Kier molecular flexibility index (Phi) is 7.44. The van der Waals surface area contributed by atoms with Gasteiger partial charge in [0.1, 0.15) is 11.6 Å². The first kappa shape index (κ1) is 18.9. The molecule has 0 spiro atoms. The normalized spacial score (nSPS) is 11.9. The summed E-state index contributed by atoms with van der Waals surface area (Å²) < 4.78 is 26.7. The summed E-state index contributed by atoms with van der Waals surface area (Å²) in [6.07, 6.45) is 0.458. The molecule has 7 heteroatoms. The summed E-state index contributed by atoms with van der Waals surface area (Å²) in [6, 6.07) is 2.24.